The van der Waals surface area contributed by atoms with Gasteiger partial charge in [-0.05, 0) is 89.9 Å². The number of carbonyl (C=O) groups excluding carboxylic acids is 2. The van der Waals surface area contributed by atoms with Crippen LogP contribution in [0.2, 0.25) is 0 Å². The number of hydrogen-bond donors (Lipinski definition) is 6. The lowest BCUT2D eigenvalue weighted by molar-refractivity contribution is -0.305. The summed E-state index contributed by atoms with van der Waals surface area (Å²) in [4.78, 5) is 26.4. The standard InChI is InChI=1S/C66H105NO10/c1-4-7-10-13-16-19-22-24-25-26-27-28-29-30-31-32-33-34-35-36-39-42-45-48-51-54-61(71)77-64-63(73)62(72)60(55-68)76-66(64)75-56-57(58(69)52-49-46-43-40-37-21-18-15-12-9-6-3)67-65(74)59(70)53-50-47-44-41-38-23-20-17-14-11-8-5-2/h7-8,10-11,14,16-17,19-20,23-25,27-28,30-31,33-34,38,41,44,47,49,52,57-60,62-64,66,68-70,72-73H,4-6,9,12-13,15,18,21-22,26,29,32,35-37,39-40,42-43,45-46,48,50-51,53-56H2,1-3H3,(H,67,74)/b10-7-,11-8+,17-14+,19-16-,23-20-,25-24-,28-27-,31-30-,34-33-,41-38-,47-44+,52-49+. The minimum absolute atomic E-state index is 0.0877. The van der Waals surface area contributed by atoms with Gasteiger partial charge < -0.3 is 45.1 Å². The highest BCUT2D eigenvalue weighted by molar-refractivity contribution is 5.80. The van der Waals surface area contributed by atoms with Crippen molar-refractivity contribution < 1.29 is 49.3 Å². The van der Waals surface area contributed by atoms with Crippen molar-refractivity contribution in [2.24, 2.45) is 0 Å². The van der Waals surface area contributed by atoms with Crippen LogP contribution in [0.4, 0.5) is 0 Å². The Morgan fingerprint density at radius 1 is 0.532 bits per heavy atom. The van der Waals surface area contributed by atoms with Gasteiger partial charge in [-0.25, -0.2) is 0 Å². The van der Waals surface area contributed by atoms with Crippen molar-refractivity contribution in [3.63, 3.8) is 0 Å². The van der Waals surface area contributed by atoms with Gasteiger partial charge in [-0.2, -0.15) is 0 Å². The normalized spacial score (nSPS) is 20.1. The summed E-state index contributed by atoms with van der Waals surface area (Å²) >= 11 is 0. The fourth-order valence-electron chi connectivity index (χ4n) is 8.21. The fourth-order valence-corrected chi connectivity index (χ4v) is 8.21. The molecule has 11 nitrogen and oxygen atoms in total. The lowest BCUT2D eigenvalue weighted by atomic mass is 9.99. The largest absolute Gasteiger partial charge is 0.454 e. The number of hydrogen-bond acceptors (Lipinski definition) is 10. The van der Waals surface area contributed by atoms with Crippen LogP contribution in [0, 0.1) is 0 Å². The summed E-state index contributed by atoms with van der Waals surface area (Å²) in [6.07, 6.45) is 64.8. The minimum Gasteiger partial charge on any atom is -0.454 e. The maximum atomic E-state index is 13.3. The molecule has 1 saturated heterocycles. The van der Waals surface area contributed by atoms with Gasteiger partial charge in [0.05, 0.1) is 25.4 Å². The summed E-state index contributed by atoms with van der Waals surface area (Å²) < 4.78 is 17.5. The third-order valence-electron chi connectivity index (χ3n) is 12.9. The maximum absolute atomic E-state index is 13.3. The molecule has 1 amide bonds. The Hall–Kier alpha value is -4.46. The summed E-state index contributed by atoms with van der Waals surface area (Å²) in [5.41, 5.74) is 0. The number of ether oxygens (including phenoxy) is 3. The van der Waals surface area contributed by atoms with E-state index in [2.05, 4.69) is 105 Å². The van der Waals surface area contributed by atoms with E-state index >= 15 is 0 Å². The summed E-state index contributed by atoms with van der Waals surface area (Å²) in [5.74, 6) is -1.30. The molecule has 0 aliphatic carbocycles. The molecule has 1 heterocycles. The molecule has 6 N–H and O–H groups in total. The number of unbranched alkanes of at least 4 members (excludes halogenated alkanes) is 15. The van der Waals surface area contributed by atoms with Crippen molar-refractivity contribution in [3.05, 3.63) is 146 Å². The first-order chi connectivity index (χ1) is 37.7. The van der Waals surface area contributed by atoms with Crippen LogP contribution in [0.1, 0.15) is 194 Å². The lowest BCUT2D eigenvalue weighted by Crippen LogP contribution is -2.61. The lowest BCUT2D eigenvalue weighted by Gasteiger charge is -2.41. The van der Waals surface area contributed by atoms with Gasteiger partial charge in [0.2, 0.25) is 5.91 Å². The van der Waals surface area contributed by atoms with Crippen molar-refractivity contribution in [3.8, 4) is 0 Å². The molecule has 434 valence electrons. The number of rotatable bonds is 47. The highest BCUT2D eigenvalue weighted by Crippen LogP contribution is 2.26. The van der Waals surface area contributed by atoms with Gasteiger partial charge in [0.1, 0.15) is 24.4 Å². The zero-order valence-electron chi connectivity index (χ0n) is 47.8. The molecular weight excluding hydrogens is 967 g/mol. The second-order valence-corrected chi connectivity index (χ2v) is 19.7. The molecule has 0 spiro atoms. The fraction of sp³-hybridized carbons (Fsp3) is 0.606. The van der Waals surface area contributed by atoms with Crippen LogP contribution in [-0.2, 0) is 23.8 Å². The van der Waals surface area contributed by atoms with Gasteiger partial charge in [-0.1, -0.05) is 244 Å². The Balaban J connectivity index is 2.68. The molecule has 8 atom stereocenters. The first kappa shape index (κ1) is 70.6. The van der Waals surface area contributed by atoms with E-state index in [1.165, 1.54) is 38.5 Å². The SMILES string of the molecule is CC/C=C\C/C=C\C/C=C\C/C=C\C/C=C\C/C=C\CCCCCCCCC(=O)OC1C(OCC(NC(=O)C(O)CC/C=C/C=C\C=C/C=C/C=C/CC)C(O)/C=C/CCCCCCCCCCC)OC(CO)C(O)C1O. The van der Waals surface area contributed by atoms with Crippen LogP contribution in [0.3, 0.4) is 0 Å². The van der Waals surface area contributed by atoms with E-state index in [-0.39, 0.29) is 19.4 Å². The molecule has 77 heavy (non-hydrogen) atoms. The average molecular weight is 1070 g/mol. The Morgan fingerprint density at radius 2 is 1.00 bits per heavy atom. The van der Waals surface area contributed by atoms with E-state index in [1.54, 1.807) is 6.08 Å². The first-order valence-electron chi connectivity index (χ1n) is 29.7. The highest BCUT2D eigenvalue weighted by Gasteiger charge is 2.47. The number of amides is 1. The topological polar surface area (TPSA) is 175 Å². The molecular formula is C66H105NO10. The number of allylic oxidation sites excluding steroid dienone is 23. The van der Waals surface area contributed by atoms with Gasteiger partial charge in [0.15, 0.2) is 12.4 Å². The molecule has 0 radical (unpaired) electrons. The number of esters is 1. The smallest absolute Gasteiger partial charge is 0.306 e. The Morgan fingerprint density at radius 3 is 1.53 bits per heavy atom. The molecule has 1 aliphatic rings. The van der Waals surface area contributed by atoms with Gasteiger partial charge in [0, 0.05) is 6.42 Å². The van der Waals surface area contributed by atoms with Crippen molar-refractivity contribution in [1.82, 2.24) is 5.32 Å². The first-order valence-corrected chi connectivity index (χ1v) is 29.7. The minimum atomic E-state index is -1.64. The summed E-state index contributed by atoms with van der Waals surface area (Å²) in [6.45, 7) is 5.43. The number of carbonyl (C=O) groups is 2. The second kappa shape index (κ2) is 52.3. The van der Waals surface area contributed by atoms with Crippen LogP contribution >= 0.6 is 0 Å². The molecule has 0 saturated carbocycles. The van der Waals surface area contributed by atoms with Crippen LogP contribution in [-0.4, -0.2) is 99.6 Å². The van der Waals surface area contributed by atoms with Crippen molar-refractivity contribution >= 4 is 11.9 Å². The van der Waals surface area contributed by atoms with E-state index in [4.69, 9.17) is 14.2 Å². The number of nitrogens with one attached hydrogen (secondary N) is 1. The Kier molecular flexibility index (Phi) is 47.9. The van der Waals surface area contributed by atoms with Crippen molar-refractivity contribution in [1.29, 1.82) is 0 Å². The summed E-state index contributed by atoms with van der Waals surface area (Å²) in [7, 11) is 0. The van der Waals surface area contributed by atoms with E-state index < -0.39 is 67.4 Å². The quantitative estimate of drug-likeness (QED) is 0.0149. The van der Waals surface area contributed by atoms with Gasteiger partial charge in [0.25, 0.3) is 0 Å². The Labute approximate surface area is 466 Å². The van der Waals surface area contributed by atoms with Crippen molar-refractivity contribution in [2.45, 2.75) is 243 Å². The van der Waals surface area contributed by atoms with Crippen LogP contribution < -0.4 is 5.32 Å². The molecule has 0 bridgehead atoms. The third-order valence-corrected chi connectivity index (χ3v) is 12.9. The molecule has 1 rings (SSSR count). The Bertz CT molecular complexity index is 1800. The van der Waals surface area contributed by atoms with Crippen molar-refractivity contribution in [2.75, 3.05) is 13.2 Å². The summed E-state index contributed by atoms with van der Waals surface area (Å²) in [5, 5.41) is 56.7. The predicted molar refractivity (Wildman–Crippen MR) is 319 cm³/mol. The van der Waals surface area contributed by atoms with E-state index in [0.717, 1.165) is 109 Å². The monoisotopic (exact) mass is 1070 g/mol. The number of aliphatic hydroxyl groups is 5. The van der Waals surface area contributed by atoms with Gasteiger partial charge in [-0.15, -0.1) is 0 Å². The molecule has 1 fully saturated rings. The summed E-state index contributed by atoms with van der Waals surface area (Å²) in [6, 6.07) is -1.07. The molecule has 11 heteroatoms. The second-order valence-electron chi connectivity index (χ2n) is 19.7. The molecule has 0 aromatic heterocycles. The third kappa shape index (κ3) is 40.4. The zero-order valence-corrected chi connectivity index (χ0v) is 47.8. The molecule has 8 unspecified atom stereocenters. The van der Waals surface area contributed by atoms with E-state index in [0.29, 0.717) is 12.8 Å². The zero-order chi connectivity index (χ0) is 56.1. The van der Waals surface area contributed by atoms with Gasteiger partial charge >= 0.3 is 5.97 Å². The maximum Gasteiger partial charge on any atom is 0.306 e. The van der Waals surface area contributed by atoms with E-state index in [1.807, 2.05) is 60.8 Å². The van der Waals surface area contributed by atoms with Crippen LogP contribution in [0.15, 0.2) is 146 Å². The highest BCUT2D eigenvalue weighted by atomic mass is 16.7. The van der Waals surface area contributed by atoms with Gasteiger partial charge in [-0.3, -0.25) is 9.59 Å². The molecule has 0 aromatic carbocycles. The predicted octanol–water partition coefficient (Wildman–Crippen LogP) is 13.8. The average Bonchev–Trinajstić information content (AvgIpc) is 3.43. The molecule has 0 aromatic rings. The van der Waals surface area contributed by atoms with Crippen LogP contribution in [0.5, 0.6) is 0 Å². The van der Waals surface area contributed by atoms with E-state index in [9.17, 15) is 35.1 Å². The number of aliphatic hydroxyl groups excluding tert-OH is 5. The van der Waals surface area contributed by atoms with Crippen LogP contribution in [0.25, 0.3) is 0 Å². The molecule has 1 aliphatic heterocycles.